The third-order valence-corrected chi connectivity index (χ3v) is 8.34. The molecule has 0 spiro atoms. The van der Waals surface area contributed by atoms with Crippen LogP contribution in [-0.4, -0.2) is 62.0 Å². The maximum atomic E-state index is 15.4. The molecular weight excluding hydrogens is 603 g/mol. The summed E-state index contributed by atoms with van der Waals surface area (Å²) in [5.74, 6) is -0.435. The van der Waals surface area contributed by atoms with Gasteiger partial charge in [0.15, 0.2) is 0 Å². The topological polar surface area (TPSA) is 142 Å². The van der Waals surface area contributed by atoms with Crippen molar-refractivity contribution in [3.05, 3.63) is 110 Å². The number of carbonyl (C=O) groups excluding carboxylic acids is 1. The second-order valence-electron chi connectivity index (χ2n) is 12.5. The van der Waals surface area contributed by atoms with E-state index in [1.54, 1.807) is 54.3 Å². The maximum absolute atomic E-state index is 15.4. The van der Waals surface area contributed by atoms with E-state index in [0.29, 0.717) is 65.5 Å². The lowest BCUT2D eigenvalue weighted by Gasteiger charge is -2.26. The van der Waals surface area contributed by atoms with Gasteiger partial charge < -0.3 is 25.0 Å². The molecule has 47 heavy (non-hydrogen) atoms. The number of halogens is 1. The van der Waals surface area contributed by atoms with Gasteiger partial charge in [-0.2, -0.15) is 9.78 Å². The van der Waals surface area contributed by atoms with Crippen molar-refractivity contribution in [1.29, 1.82) is 0 Å². The zero-order valence-corrected chi connectivity index (χ0v) is 26.6. The summed E-state index contributed by atoms with van der Waals surface area (Å²) in [5, 5.41) is 18.2. The maximum Gasteiger partial charge on any atom is 0.282 e. The van der Waals surface area contributed by atoms with Gasteiger partial charge in [-0.15, -0.1) is 0 Å². The minimum absolute atomic E-state index is 0.0980. The van der Waals surface area contributed by atoms with Gasteiger partial charge >= 0.3 is 0 Å². The average molecular weight is 639 g/mol. The molecule has 0 unspecified atom stereocenters. The number of nitrogens with one attached hydrogen (secondary N) is 2. The van der Waals surface area contributed by atoms with Crippen molar-refractivity contribution in [2.75, 3.05) is 31.6 Å². The first kappa shape index (κ1) is 31.8. The summed E-state index contributed by atoms with van der Waals surface area (Å²) in [7, 11) is 0. The monoisotopic (exact) mass is 638 g/mol. The van der Waals surface area contributed by atoms with Gasteiger partial charge in [0.05, 0.1) is 42.7 Å². The van der Waals surface area contributed by atoms with Gasteiger partial charge in [-0.05, 0) is 59.9 Å². The lowest BCUT2D eigenvalue weighted by Crippen LogP contribution is -2.40. The highest BCUT2D eigenvalue weighted by Crippen LogP contribution is 2.32. The molecule has 242 valence electrons. The third kappa shape index (κ3) is 6.17. The summed E-state index contributed by atoms with van der Waals surface area (Å²) in [6.45, 7) is 9.15. The average Bonchev–Trinajstić information content (AvgIpc) is 3.05. The smallest absolute Gasteiger partial charge is 0.282 e. The molecule has 3 aromatic heterocycles. The molecule has 1 aliphatic heterocycles. The lowest BCUT2D eigenvalue weighted by atomic mass is 9.86. The number of hydrogen-bond acceptors (Lipinski definition) is 8. The van der Waals surface area contributed by atoms with Gasteiger partial charge in [-0.25, -0.2) is 9.37 Å². The van der Waals surface area contributed by atoms with Crippen LogP contribution in [0.3, 0.4) is 0 Å². The number of rotatable bonds is 6. The largest absolute Gasteiger partial charge is 0.392 e. The van der Waals surface area contributed by atoms with Crippen LogP contribution in [0.1, 0.15) is 48.0 Å². The Bertz CT molecular complexity index is 2110. The lowest BCUT2D eigenvalue weighted by molar-refractivity contribution is 0.0302. The van der Waals surface area contributed by atoms with Gasteiger partial charge in [-0.3, -0.25) is 14.4 Å². The number of aliphatic hydroxyl groups is 1. The first-order valence-corrected chi connectivity index (χ1v) is 15.3. The summed E-state index contributed by atoms with van der Waals surface area (Å²) < 4.78 is 21.8. The number of aromatic nitrogens is 4. The summed E-state index contributed by atoms with van der Waals surface area (Å²) in [6, 6.07) is 13.1. The number of anilines is 2. The highest BCUT2D eigenvalue weighted by Gasteiger charge is 2.22. The Morgan fingerprint density at radius 3 is 2.51 bits per heavy atom. The molecular formula is C35H35FN6O5. The van der Waals surface area contributed by atoms with E-state index in [1.807, 2.05) is 20.8 Å². The number of benzene rings is 2. The van der Waals surface area contributed by atoms with Crippen molar-refractivity contribution >= 4 is 28.2 Å². The van der Waals surface area contributed by atoms with E-state index in [-0.39, 0.29) is 28.1 Å². The number of aryl methyl sites for hydroxylation is 1. The minimum Gasteiger partial charge on any atom is -0.392 e. The molecule has 0 aliphatic carbocycles. The van der Waals surface area contributed by atoms with Gasteiger partial charge in [-0.1, -0.05) is 32.9 Å². The zero-order chi connectivity index (χ0) is 33.5. The van der Waals surface area contributed by atoms with E-state index in [0.717, 1.165) is 10.2 Å². The van der Waals surface area contributed by atoms with E-state index >= 15 is 4.39 Å². The fourth-order valence-electron chi connectivity index (χ4n) is 5.71. The van der Waals surface area contributed by atoms with Crippen molar-refractivity contribution in [2.24, 2.45) is 0 Å². The molecule has 0 radical (unpaired) electrons. The zero-order valence-electron chi connectivity index (χ0n) is 26.6. The molecule has 11 nitrogen and oxygen atoms in total. The number of H-pyrrole nitrogens is 1. The fraction of sp³-hybridized carbons (Fsp3) is 0.286. The Balaban J connectivity index is 1.36. The molecule has 1 saturated heterocycles. The standard InChI is InChI=1S/C35H35FN6O5/c1-20-25(16-28(32(44)39-20)40-30-9-8-21(17-37-30)33(45)41-10-12-47-13-11-41)24-6-5-7-29(26(24)19-43)42-34(46)31-22(18-38-42)14-23(15-27(31)36)35(2,3)4/h5-9,14-18,43H,10-13,19H2,1-4H3,(H,37,40)(H,39,44). The Hall–Kier alpha value is -5.20. The molecule has 2 aromatic carbocycles. The number of ether oxygens (including phenoxy) is 1. The SMILES string of the molecule is Cc1[nH]c(=O)c(Nc2ccc(C(=O)N3CCOCC3)cn2)cc1-c1cccc(-n2ncc3cc(C(C)(C)C)cc(F)c3c2=O)c1CO. The van der Waals surface area contributed by atoms with Crippen molar-refractivity contribution in [3.63, 3.8) is 0 Å². The number of nitrogens with zero attached hydrogens (tertiary/aromatic N) is 4. The first-order chi connectivity index (χ1) is 22.5. The van der Waals surface area contributed by atoms with Crippen LogP contribution in [0, 0.1) is 12.7 Å². The predicted molar refractivity (Wildman–Crippen MR) is 177 cm³/mol. The molecule has 1 fully saturated rings. The quantitative estimate of drug-likeness (QED) is 0.245. The van der Waals surface area contributed by atoms with E-state index in [2.05, 4.69) is 20.4 Å². The van der Waals surface area contributed by atoms with E-state index in [1.165, 1.54) is 18.5 Å². The summed E-state index contributed by atoms with van der Waals surface area (Å²) in [5.41, 5.74) is 2.23. The third-order valence-electron chi connectivity index (χ3n) is 8.34. The number of aromatic amines is 1. The fourth-order valence-corrected chi connectivity index (χ4v) is 5.71. The normalized spacial score (nSPS) is 13.6. The molecule has 3 N–H and O–H groups in total. The summed E-state index contributed by atoms with van der Waals surface area (Å²) >= 11 is 0. The van der Waals surface area contributed by atoms with Crippen LogP contribution in [0.2, 0.25) is 0 Å². The second kappa shape index (κ2) is 12.5. The molecule has 0 saturated carbocycles. The molecule has 1 aliphatic rings. The number of amides is 1. The Morgan fingerprint density at radius 2 is 1.83 bits per heavy atom. The number of pyridine rings is 2. The van der Waals surface area contributed by atoms with E-state index < -0.39 is 23.5 Å². The summed E-state index contributed by atoms with van der Waals surface area (Å²) in [4.78, 5) is 48.3. The van der Waals surface area contributed by atoms with Gasteiger partial charge in [0.2, 0.25) is 0 Å². The van der Waals surface area contributed by atoms with Crippen molar-refractivity contribution < 1.29 is 19.0 Å². The van der Waals surface area contributed by atoms with Crippen LogP contribution in [-0.2, 0) is 16.8 Å². The van der Waals surface area contributed by atoms with Crippen molar-refractivity contribution in [3.8, 4) is 16.8 Å². The van der Waals surface area contributed by atoms with Crippen LogP contribution in [0.4, 0.5) is 15.9 Å². The van der Waals surface area contributed by atoms with Crippen LogP contribution >= 0.6 is 0 Å². The number of aliphatic hydroxyl groups excluding tert-OH is 1. The van der Waals surface area contributed by atoms with Crippen LogP contribution in [0.5, 0.6) is 0 Å². The Morgan fingerprint density at radius 1 is 1.06 bits per heavy atom. The summed E-state index contributed by atoms with van der Waals surface area (Å²) in [6.07, 6.45) is 2.90. The van der Waals surface area contributed by atoms with Gasteiger partial charge in [0.25, 0.3) is 17.0 Å². The number of carbonyl (C=O) groups is 1. The molecule has 6 rings (SSSR count). The predicted octanol–water partition coefficient (Wildman–Crippen LogP) is 4.59. The second-order valence-corrected chi connectivity index (χ2v) is 12.5. The highest BCUT2D eigenvalue weighted by atomic mass is 19.1. The van der Waals surface area contributed by atoms with Gasteiger partial charge in [0.1, 0.15) is 17.3 Å². The van der Waals surface area contributed by atoms with Crippen molar-refractivity contribution in [1.82, 2.24) is 24.6 Å². The Labute approximate surface area is 269 Å². The molecule has 4 heterocycles. The molecule has 12 heteroatoms. The first-order valence-electron chi connectivity index (χ1n) is 15.3. The van der Waals surface area contributed by atoms with E-state index in [4.69, 9.17) is 4.74 Å². The molecule has 0 bridgehead atoms. The Kier molecular flexibility index (Phi) is 8.47. The molecule has 5 aromatic rings. The van der Waals surface area contributed by atoms with Gasteiger partial charge in [0, 0.05) is 41.5 Å². The number of morpholine rings is 1. The van der Waals surface area contributed by atoms with E-state index in [9.17, 15) is 19.5 Å². The van der Waals surface area contributed by atoms with Crippen LogP contribution in [0.25, 0.3) is 27.6 Å². The molecule has 0 atom stereocenters. The minimum atomic E-state index is -0.658. The molecule has 1 amide bonds. The number of fused-ring (bicyclic) bond motifs is 1. The van der Waals surface area contributed by atoms with Crippen LogP contribution in [0.15, 0.2) is 70.5 Å². The van der Waals surface area contributed by atoms with Crippen molar-refractivity contribution in [2.45, 2.75) is 39.7 Å². The highest BCUT2D eigenvalue weighted by molar-refractivity contribution is 5.94. The van der Waals surface area contributed by atoms with Crippen LogP contribution < -0.4 is 16.4 Å². The number of hydrogen-bond donors (Lipinski definition) is 3.